The highest BCUT2D eigenvalue weighted by atomic mass is 79.9. The minimum Gasteiger partial charge on any atom is -0.421 e. The van der Waals surface area contributed by atoms with Crippen molar-refractivity contribution in [3.63, 3.8) is 0 Å². The summed E-state index contributed by atoms with van der Waals surface area (Å²) < 4.78 is 6.57. The highest BCUT2D eigenvalue weighted by molar-refractivity contribution is 9.10. The summed E-state index contributed by atoms with van der Waals surface area (Å²) in [5.74, 6) is 0.581. The number of unbranched alkanes of at least 4 members (excludes halogenated alkanes) is 2. The van der Waals surface area contributed by atoms with Crippen LogP contribution in [0.25, 0.3) is 11.3 Å². The maximum Gasteiger partial charge on any atom is 0.362 e. The van der Waals surface area contributed by atoms with Gasteiger partial charge in [-0.25, -0.2) is 9.79 Å². The van der Waals surface area contributed by atoms with Gasteiger partial charge in [0, 0.05) is 16.3 Å². The SMILES string of the molecule is CCCCCc1cc(-c2ccc(Br)cc2)oc(=O)c1N=Cc1ccccc1. The van der Waals surface area contributed by atoms with Crippen LogP contribution >= 0.6 is 15.9 Å². The number of benzene rings is 2. The molecule has 0 aliphatic rings. The fourth-order valence-corrected chi connectivity index (χ4v) is 3.13. The Kier molecular flexibility index (Phi) is 6.77. The Labute approximate surface area is 167 Å². The monoisotopic (exact) mass is 423 g/mol. The molecule has 3 rings (SSSR count). The fraction of sp³-hybridized carbons (Fsp3) is 0.217. The molecule has 0 bridgehead atoms. The van der Waals surface area contributed by atoms with Gasteiger partial charge in [-0.3, -0.25) is 0 Å². The highest BCUT2D eigenvalue weighted by Gasteiger charge is 2.12. The van der Waals surface area contributed by atoms with Crippen LogP contribution in [0.15, 0.2) is 79.3 Å². The zero-order valence-electron chi connectivity index (χ0n) is 15.3. The lowest BCUT2D eigenvalue weighted by Gasteiger charge is -2.08. The van der Waals surface area contributed by atoms with Crippen molar-refractivity contribution in [3.05, 3.63) is 86.7 Å². The molecule has 2 aromatic carbocycles. The van der Waals surface area contributed by atoms with Crippen molar-refractivity contribution >= 4 is 27.8 Å². The largest absolute Gasteiger partial charge is 0.421 e. The van der Waals surface area contributed by atoms with Crippen molar-refractivity contribution in [3.8, 4) is 11.3 Å². The van der Waals surface area contributed by atoms with Gasteiger partial charge in [0.15, 0.2) is 5.69 Å². The van der Waals surface area contributed by atoms with Gasteiger partial charge in [-0.05, 0) is 42.2 Å². The molecular weight excluding hydrogens is 402 g/mol. The van der Waals surface area contributed by atoms with Gasteiger partial charge in [0.2, 0.25) is 0 Å². The van der Waals surface area contributed by atoms with E-state index in [-0.39, 0.29) is 0 Å². The average molecular weight is 424 g/mol. The second-order valence-electron chi connectivity index (χ2n) is 6.40. The Morgan fingerprint density at radius 3 is 2.48 bits per heavy atom. The van der Waals surface area contributed by atoms with Gasteiger partial charge in [-0.2, -0.15) is 0 Å². The van der Waals surface area contributed by atoms with E-state index in [0.717, 1.165) is 46.8 Å². The molecule has 0 aliphatic heterocycles. The highest BCUT2D eigenvalue weighted by Crippen LogP contribution is 2.26. The van der Waals surface area contributed by atoms with E-state index in [1.54, 1.807) is 6.21 Å². The summed E-state index contributed by atoms with van der Waals surface area (Å²) in [5.41, 5.74) is 2.77. The van der Waals surface area contributed by atoms with Gasteiger partial charge in [-0.1, -0.05) is 78.2 Å². The number of aryl methyl sites for hydroxylation is 1. The Morgan fingerprint density at radius 1 is 1.04 bits per heavy atom. The standard InChI is InChI=1S/C23H22BrNO2/c1-2-3-5-10-19-15-21(18-11-13-20(24)14-12-18)27-23(26)22(19)25-16-17-8-6-4-7-9-17/h4,6-9,11-16H,2-3,5,10H2,1H3. The van der Waals surface area contributed by atoms with Crippen molar-refractivity contribution in [2.75, 3.05) is 0 Å². The molecule has 3 aromatic rings. The number of hydrogen-bond acceptors (Lipinski definition) is 3. The van der Waals surface area contributed by atoms with Crippen molar-refractivity contribution in [2.45, 2.75) is 32.6 Å². The van der Waals surface area contributed by atoms with E-state index in [1.807, 2.05) is 60.7 Å². The van der Waals surface area contributed by atoms with Gasteiger partial charge >= 0.3 is 5.63 Å². The Hall–Kier alpha value is -2.46. The summed E-state index contributed by atoms with van der Waals surface area (Å²) in [5, 5.41) is 0. The van der Waals surface area contributed by atoms with Crippen molar-refractivity contribution in [2.24, 2.45) is 4.99 Å². The maximum absolute atomic E-state index is 12.7. The molecule has 0 amide bonds. The lowest BCUT2D eigenvalue weighted by atomic mass is 10.0. The molecular formula is C23H22BrNO2. The molecule has 3 nitrogen and oxygen atoms in total. The molecule has 0 saturated heterocycles. The van der Waals surface area contributed by atoms with Crippen LogP contribution in [-0.4, -0.2) is 6.21 Å². The Bertz CT molecular complexity index is 960. The van der Waals surface area contributed by atoms with Crippen LogP contribution in [0.5, 0.6) is 0 Å². The zero-order valence-corrected chi connectivity index (χ0v) is 16.9. The summed E-state index contributed by atoms with van der Waals surface area (Å²) in [6.07, 6.45) is 5.80. The second kappa shape index (κ2) is 9.47. The maximum atomic E-state index is 12.7. The third-order valence-electron chi connectivity index (χ3n) is 4.33. The molecule has 0 unspecified atom stereocenters. The van der Waals surface area contributed by atoms with Gasteiger partial charge < -0.3 is 4.42 Å². The number of nitrogens with zero attached hydrogens (tertiary/aromatic N) is 1. The number of halogens is 1. The quantitative estimate of drug-likeness (QED) is 0.319. The first kappa shape index (κ1) is 19.3. The summed E-state index contributed by atoms with van der Waals surface area (Å²) in [6.45, 7) is 2.17. The van der Waals surface area contributed by atoms with Crippen molar-refractivity contribution in [1.82, 2.24) is 0 Å². The Balaban J connectivity index is 1.99. The molecule has 1 heterocycles. The van der Waals surface area contributed by atoms with E-state index in [1.165, 1.54) is 0 Å². The van der Waals surface area contributed by atoms with Gasteiger partial charge in [0.05, 0.1) is 0 Å². The van der Waals surface area contributed by atoms with E-state index >= 15 is 0 Å². The van der Waals surface area contributed by atoms with E-state index in [9.17, 15) is 4.79 Å². The van der Waals surface area contributed by atoms with Crippen LogP contribution in [0.1, 0.15) is 37.3 Å². The molecule has 0 saturated carbocycles. The third-order valence-corrected chi connectivity index (χ3v) is 4.85. The predicted octanol–water partition coefficient (Wildman–Crippen LogP) is 6.55. The van der Waals surface area contributed by atoms with Crippen molar-refractivity contribution in [1.29, 1.82) is 0 Å². The first-order valence-corrected chi connectivity index (χ1v) is 9.98. The number of aliphatic imine (C=N–C) groups is 1. The first-order chi connectivity index (χ1) is 13.2. The van der Waals surface area contributed by atoms with Gasteiger partial charge in [-0.15, -0.1) is 0 Å². The van der Waals surface area contributed by atoms with Crippen molar-refractivity contribution < 1.29 is 4.42 Å². The van der Waals surface area contributed by atoms with E-state index in [2.05, 4.69) is 27.8 Å². The van der Waals surface area contributed by atoms with E-state index < -0.39 is 5.63 Å². The topological polar surface area (TPSA) is 42.6 Å². The molecule has 0 N–H and O–H groups in total. The molecule has 0 aliphatic carbocycles. The van der Waals surface area contributed by atoms with Gasteiger partial charge in [0.1, 0.15) is 5.76 Å². The molecule has 1 aromatic heterocycles. The lowest BCUT2D eigenvalue weighted by Crippen LogP contribution is -2.04. The fourth-order valence-electron chi connectivity index (χ4n) is 2.86. The third kappa shape index (κ3) is 5.27. The van der Waals surface area contributed by atoms with Crippen LogP contribution in [0, 0.1) is 0 Å². The van der Waals surface area contributed by atoms with Crippen LogP contribution in [0.2, 0.25) is 0 Å². The number of rotatable bonds is 7. The minimum atomic E-state index is -0.394. The van der Waals surface area contributed by atoms with Crippen LogP contribution in [0.4, 0.5) is 5.69 Å². The second-order valence-corrected chi connectivity index (χ2v) is 7.32. The average Bonchev–Trinajstić information content (AvgIpc) is 2.68. The summed E-state index contributed by atoms with van der Waals surface area (Å²) in [6, 6.07) is 19.5. The smallest absolute Gasteiger partial charge is 0.362 e. The van der Waals surface area contributed by atoms with Crippen LogP contribution in [0.3, 0.4) is 0 Å². The summed E-state index contributed by atoms with van der Waals surface area (Å²) >= 11 is 3.43. The number of hydrogen-bond donors (Lipinski definition) is 0. The molecule has 0 fully saturated rings. The first-order valence-electron chi connectivity index (χ1n) is 9.19. The summed E-state index contributed by atoms with van der Waals surface area (Å²) in [4.78, 5) is 17.1. The molecule has 0 atom stereocenters. The van der Waals surface area contributed by atoms with E-state index in [0.29, 0.717) is 11.4 Å². The van der Waals surface area contributed by atoms with E-state index in [4.69, 9.17) is 4.42 Å². The molecule has 27 heavy (non-hydrogen) atoms. The Morgan fingerprint density at radius 2 is 1.78 bits per heavy atom. The van der Waals surface area contributed by atoms with Gasteiger partial charge in [0.25, 0.3) is 0 Å². The molecule has 138 valence electrons. The minimum absolute atomic E-state index is 0.394. The molecule has 0 radical (unpaired) electrons. The van der Waals surface area contributed by atoms with Crippen LogP contribution < -0.4 is 5.63 Å². The van der Waals surface area contributed by atoms with Crippen LogP contribution in [-0.2, 0) is 6.42 Å². The lowest BCUT2D eigenvalue weighted by molar-refractivity contribution is 0.524. The summed E-state index contributed by atoms with van der Waals surface area (Å²) in [7, 11) is 0. The predicted molar refractivity (Wildman–Crippen MR) is 115 cm³/mol. The molecule has 0 spiro atoms. The molecule has 4 heteroatoms. The normalized spacial score (nSPS) is 11.2. The zero-order chi connectivity index (χ0) is 19.1.